The SMILES string of the molecule is CCN(CC)P(=O)(Oc1occc1Cc1ccccc1F)N(CC)CC. The Morgan fingerprint density at radius 1 is 0.962 bits per heavy atom. The van der Waals surface area contributed by atoms with E-state index in [1.54, 1.807) is 24.3 Å². The van der Waals surface area contributed by atoms with Crippen LogP contribution in [0.4, 0.5) is 4.39 Å². The molecule has 1 heterocycles. The lowest BCUT2D eigenvalue weighted by atomic mass is 10.1. The van der Waals surface area contributed by atoms with Crippen LogP contribution in [0.3, 0.4) is 0 Å². The van der Waals surface area contributed by atoms with Crippen molar-refractivity contribution < 1.29 is 17.9 Å². The maximum Gasteiger partial charge on any atom is 0.397 e. The van der Waals surface area contributed by atoms with Gasteiger partial charge in [0.25, 0.3) is 5.95 Å². The standard InChI is InChI=1S/C19H28FN2O3P/c1-5-21(6-2)26(23,22(7-3)8-4)25-19-17(13-14-24-19)15-16-11-9-10-12-18(16)20/h9-14H,5-8,15H2,1-4H3. The summed E-state index contributed by atoms with van der Waals surface area (Å²) in [6.07, 6.45) is 1.80. The van der Waals surface area contributed by atoms with Gasteiger partial charge in [0.15, 0.2) is 0 Å². The minimum atomic E-state index is -3.29. The van der Waals surface area contributed by atoms with E-state index in [1.165, 1.54) is 12.3 Å². The van der Waals surface area contributed by atoms with Crippen molar-refractivity contribution in [3.05, 3.63) is 53.5 Å². The summed E-state index contributed by atoms with van der Waals surface area (Å²) >= 11 is 0. The van der Waals surface area contributed by atoms with Crippen molar-refractivity contribution in [1.29, 1.82) is 0 Å². The highest BCUT2D eigenvalue weighted by Crippen LogP contribution is 2.54. The molecule has 0 aliphatic rings. The first-order valence-corrected chi connectivity index (χ1v) is 10.6. The van der Waals surface area contributed by atoms with Crippen molar-refractivity contribution in [3.8, 4) is 5.95 Å². The molecule has 1 aromatic carbocycles. The second-order valence-corrected chi connectivity index (χ2v) is 8.16. The molecule has 0 spiro atoms. The molecular formula is C19H28FN2O3P. The van der Waals surface area contributed by atoms with Gasteiger partial charge in [-0.3, -0.25) is 0 Å². The van der Waals surface area contributed by atoms with Gasteiger partial charge in [-0.15, -0.1) is 0 Å². The molecule has 2 rings (SSSR count). The zero-order valence-corrected chi connectivity index (χ0v) is 16.8. The summed E-state index contributed by atoms with van der Waals surface area (Å²) in [6.45, 7) is 10.2. The van der Waals surface area contributed by atoms with E-state index in [0.717, 1.165) is 0 Å². The monoisotopic (exact) mass is 382 g/mol. The summed E-state index contributed by atoms with van der Waals surface area (Å²) in [4.78, 5) is 0. The first-order valence-electron chi connectivity index (χ1n) is 9.10. The molecule has 2 aromatic rings. The first-order chi connectivity index (χ1) is 12.5. The second kappa shape index (κ2) is 9.36. The number of rotatable bonds is 10. The van der Waals surface area contributed by atoms with Crippen molar-refractivity contribution in [2.45, 2.75) is 34.1 Å². The van der Waals surface area contributed by atoms with E-state index < -0.39 is 7.67 Å². The Labute approximate surface area is 155 Å². The van der Waals surface area contributed by atoms with E-state index >= 15 is 0 Å². The molecule has 0 saturated carbocycles. The van der Waals surface area contributed by atoms with Gasteiger partial charge in [0.05, 0.1) is 6.26 Å². The molecule has 0 N–H and O–H groups in total. The largest absolute Gasteiger partial charge is 0.434 e. The van der Waals surface area contributed by atoms with E-state index in [2.05, 4.69) is 0 Å². The van der Waals surface area contributed by atoms with E-state index in [1.807, 2.05) is 37.0 Å². The van der Waals surface area contributed by atoms with E-state index in [4.69, 9.17) is 8.94 Å². The van der Waals surface area contributed by atoms with Gasteiger partial charge in [0.1, 0.15) is 5.82 Å². The fourth-order valence-electron chi connectivity index (χ4n) is 2.94. The maximum absolute atomic E-state index is 14.0. The zero-order valence-electron chi connectivity index (χ0n) is 15.9. The second-order valence-electron chi connectivity index (χ2n) is 5.86. The van der Waals surface area contributed by atoms with Gasteiger partial charge in [-0.05, 0) is 17.7 Å². The van der Waals surface area contributed by atoms with Crippen molar-refractivity contribution in [3.63, 3.8) is 0 Å². The summed E-state index contributed by atoms with van der Waals surface area (Å²) in [6, 6.07) is 8.32. The van der Waals surface area contributed by atoms with E-state index in [0.29, 0.717) is 43.7 Å². The van der Waals surface area contributed by atoms with Crippen LogP contribution in [0.15, 0.2) is 41.0 Å². The average molecular weight is 382 g/mol. The Kier molecular flexibility index (Phi) is 7.44. The molecule has 0 fully saturated rings. The molecule has 5 nitrogen and oxygen atoms in total. The van der Waals surface area contributed by atoms with Crippen molar-refractivity contribution in [2.24, 2.45) is 0 Å². The Morgan fingerprint density at radius 2 is 1.54 bits per heavy atom. The Hall–Kier alpha value is -1.62. The van der Waals surface area contributed by atoms with Crippen molar-refractivity contribution >= 4 is 7.67 Å². The van der Waals surface area contributed by atoms with Crippen LogP contribution in [0.5, 0.6) is 5.95 Å². The first kappa shape index (κ1) is 20.7. The predicted octanol–water partition coefficient (Wildman–Crippen LogP) is 5.18. The highest BCUT2D eigenvalue weighted by molar-refractivity contribution is 7.54. The fourth-order valence-corrected chi connectivity index (χ4v) is 5.34. The number of hydrogen-bond acceptors (Lipinski definition) is 3. The van der Waals surface area contributed by atoms with Crippen molar-refractivity contribution in [1.82, 2.24) is 9.34 Å². The Bertz CT molecular complexity index is 726. The van der Waals surface area contributed by atoms with Gasteiger partial charge in [-0.1, -0.05) is 45.9 Å². The molecule has 1 aromatic heterocycles. The number of nitrogens with zero attached hydrogens (tertiary/aromatic N) is 2. The lowest BCUT2D eigenvalue weighted by Gasteiger charge is -2.35. The minimum absolute atomic E-state index is 0.190. The van der Waals surface area contributed by atoms with Gasteiger partial charge in [-0.25, -0.2) is 18.3 Å². The van der Waals surface area contributed by atoms with Gasteiger partial charge in [-0.2, -0.15) is 0 Å². The quantitative estimate of drug-likeness (QED) is 0.530. The predicted molar refractivity (Wildman–Crippen MR) is 102 cm³/mol. The molecule has 26 heavy (non-hydrogen) atoms. The molecule has 7 heteroatoms. The van der Waals surface area contributed by atoms with Crippen LogP contribution in [-0.2, 0) is 11.0 Å². The van der Waals surface area contributed by atoms with Crippen LogP contribution in [0.2, 0.25) is 0 Å². The summed E-state index contributed by atoms with van der Waals surface area (Å²) < 4.78 is 42.9. The number of halogens is 1. The molecule has 0 atom stereocenters. The smallest absolute Gasteiger partial charge is 0.397 e. The number of furan rings is 1. The minimum Gasteiger partial charge on any atom is -0.434 e. The van der Waals surface area contributed by atoms with E-state index in [9.17, 15) is 8.96 Å². The molecule has 144 valence electrons. The van der Waals surface area contributed by atoms with Gasteiger partial charge >= 0.3 is 7.67 Å². The summed E-state index contributed by atoms with van der Waals surface area (Å²) in [5.41, 5.74) is 1.22. The van der Waals surface area contributed by atoms with Crippen molar-refractivity contribution in [2.75, 3.05) is 26.2 Å². The summed E-state index contributed by atoms with van der Waals surface area (Å²) in [5, 5.41) is 0. The highest BCUT2D eigenvalue weighted by atomic mass is 31.2. The molecule has 0 aliphatic heterocycles. The third-order valence-electron chi connectivity index (χ3n) is 4.42. The molecule has 0 unspecified atom stereocenters. The highest BCUT2D eigenvalue weighted by Gasteiger charge is 2.38. The molecule has 0 aliphatic carbocycles. The third-order valence-corrected chi connectivity index (χ3v) is 7.39. The Balaban J connectivity index is 2.34. The fraction of sp³-hybridized carbons (Fsp3) is 0.474. The Morgan fingerprint density at radius 3 is 2.08 bits per heavy atom. The summed E-state index contributed by atoms with van der Waals surface area (Å²) in [7, 11) is -3.29. The van der Waals surface area contributed by atoms with Gasteiger partial charge < -0.3 is 8.94 Å². The average Bonchev–Trinajstić information content (AvgIpc) is 3.05. The molecular weight excluding hydrogens is 354 g/mol. The number of hydrogen-bond donors (Lipinski definition) is 0. The van der Waals surface area contributed by atoms with Crippen LogP contribution in [0.1, 0.15) is 38.8 Å². The lowest BCUT2D eigenvalue weighted by Crippen LogP contribution is -2.34. The van der Waals surface area contributed by atoms with Gasteiger partial charge in [0.2, 0.25) is 0 Å². The van der Waals surface area contributed by atoms with Crippen LogP contribution in [-0.4, -0.2) is 35.5 Å². The normalized spacial score (nSPS) is 12.1. The topological polar surface area (TPSA) is 45.9 Å². The van der Waals surface area contributed by atoms with Crippen LogP contribution in [0.25, 0.3) is 0 Å². The lowest BCUT2D eigenvalue weighted by molar-refractivity contribution is 0.265. The van der Waals surface area contributed by atoms with E-state index in [-0.39, 0.29) is 11.8 Å². The number of benzene rings is 1. The maximum atomic E-state index is 14.0. The van der Waals surface area contributed by atoms with Crippen LogP contribution in [0, 0.1) is 5.82 Å². The van der Waals surface area contributed by atoms with Gasteiger partial charge in [0, 0.05) is 38.2 Å². The molecule has 0 bridgehead atoms. The zero-order chi connectivity index (χ0) is 19.2. The summed E-state index contributed by atoms with van der Waals surface area (Å²) in [5.74, 6) is -0.0919. The van der Waals surface area contributed by atoms with Crippen LogP contribution < -0.4 is 4.52 Å². The third kappa shape index (κ3) is 4.37. The molecule has 0 radical (unpaired) electrons. The molecule has 0 amide bonds. The van der Waals surface area contributed by atoms with Crippen LogP contribution >= 0.6 is 7.67 Å². The molecule has 0 saturated heterocycles.